The zero-order valence-corrected chi connectivity index (χ0v) is 5.99. The molecule has 2 aliphatic heterocycles. The Kier molecular flexibility index (Phi) is 1.19. The number of carbonyl (C=O) groups excluding carboxylic acids is 1. The molecule has 2 rings (SSSR count). The molecule has 0 aromatic rings. The van der Waals surface area contributed by atoms with Crippen molar-refractivity contribution in [2.45, 2.75) is 31.3 Å². The lowest BCUT2D eigenvalue weighted by Gasteiger charge is -2.15. The molecule has 11 heavy (non-hydrogen) atoms. The minimum absolute atomic E-state index is 0.00926. The number of hydrogen-bond donors (Lipinski definition) is 1. The molecular formula is C7H9NO3. The van der Waals surface area contributed by atoms with E-state index >= 15 is 0 Å². The molecule has 0 radical (unpaired) electrons. The average molecular weight is 155 g/mol. The van der Waals surface area contributed by atoms with Gasteiger partial charge in [-0.15, -0.1) is 0 Å². The van der Waals surface area contributed by atoms with E-state index in [2.05, 4.69) is 0 Å². The van der Waals surface area contributed by atoms with Crippen LogP contribution in [0.15, 0.2) is 0 Å². The quantitative estimate of drug-likeness (QED) is 0.553. The first-order chi connectivity index (χ1) is 5.20. The van der Waals surface area contributed by atoms with Gasteiger partial charge >= 0.3 is 6.09 Å². The molecule has 0 saturated carbocycles. The first-order valence-corrected chi connectivity index (χ1v) is 3.74. The summed E-state index contributed by atoms with van der Waals surface area (Å²) < 4.78 is 0. The van der Waals surface area contributed by atoms with Crippen molar-refractivity contribution >= 4 is 11.9 Å². The van der Waals surface area contributed by atoms with Crippen LogP contribution < -0.4 is 0 Å². The van der Waals surface area contributed by atoms with E-state index in [1.807, 2.05) is 0 Å². The van der Waals surface area contributed by atoms with E-state index in [0.29, 0.717) is 6.42 Å². The number of hydrogen-bond acceptors (Lipinski definition) is 2. The van der Waals surface area contributed by atoms with Gasteiger partial charge in [0.2, 0.25) is 0 Å². The van der Waals surface area contributed by atoms with Crippen molar-refractivity contribution in [3.8, 4) is 0 Å². The zero-order valence-electron chi connectivity index (χ0n) is 5.99. The number of ketones is 1. The Morgan fingerprint density at radius 3 is 2.55 bits per heavy atom. The summed E-state index contributed by atoms with van der Waals surface area (Å²) in [6.07, 6.45) is 1.10. The molecule has 1 N–H and O–H groups in total. The molecule has 0 aromatic carbocycles. The first-order valence-electron chi connectivity index (χ1n) is 3.74. The topological polar surface area (TPSA) is 57.6 Å². The molecule has 2 aliphatic rings. The van der Waals surface area contributed by atoms with Crippen LogP contribution >= 0.6 is 0 Å². The summed E-state index contributed by atoms with van der Waals surface area (Å²) in [5.41, 5.74) is 0. The molecule has 4 heteroatoms. The van der Waals surface area contributed by atoms with E-state index in [4.69, 9.17) is 5.11 Å². The highest BCUT2D eigenvalue weighted by Gasteiger charge is 2.47. The van der Waals surface area contributed by atoms with Gasteiger partial charge < -0.3 is 5.11 Å². The third kappa shape index (κ3) is 0.751. The van der Waals surface area contributed by atoms with Crippen LogP contribution in [-0.2, 0) is 4.79 Å². The fourth-order valence-corrected chi connectivity index (χ4v) is 2.06. The number of amides is 1. The Bertz CT molecular complexity index is 226. The Balaban J connectivity index is 2.25. The number of fused-ring (bicyclic) bond motifs is 2. The highest BCUT2D eigenvalue weighted by molar-refractivity contribution is 5.92. The molecule has 2 atom stereocenters. The molecule has 2 heterocycles. The number of rotatable bonds is 0. The van der Waals surface area contributed by atoms with Crippen molar-refractivity contribution in [3.05, 3.63) is 0 Å². The maximum absolute atomic E-state index is 11.0. The highest BCUT2D eigenvalue weighted by Crippen LogP contribution is 2.34. The second-order valence-corrected chi connectivity index (χ2v) is 3.11. The third-order valence-corrected chi connectivity index (χ3v) is 2.53. The molecule has 2 fully saturated rings. The SMILES string of the molecule is O=C1C[C@@H]2CC[C@H]1N2C(=O)O. The van der Waals surface area contributed by atoms with Crippen LogP contribution in [0.3, 0.4) is 0 Å². The lowest BCUT2D eigenvalue weighted by atomic mass is 10.00. The van der Waals surface area contributed by atoms with Crippen LogP contribution in [0.1, 0.15) is 19.3 Å². The third-order valence-electron chi connectivity index (χ3n) is 2.53. The predicted molar refractivity (Wildman–Crippen MR) is 36.3 cm³/mol. The van der Waals surface area contributed by atoms with Gasteiger partial charge in [0.15, 0.2) is 5.78 Å². The number of Topliss-reactive ketones (excluding diaryl/α,β-unsaturated/α-hetero) is 1. The number of nitrogens with zero attached hydrogens (tertiary/aromatic N) is 1. The van der Waals surface area contributed by atoms with Gasteiger partial charge in [-0.05, 0) is 12.8 Å². The summed E-state index contributed by atoms with van der Waals surface area (Å²) in [4.78, 5) is 22.9. The maximum atomic E-state index is 11.0. The molecule has 0 spiro atoms. The van der Waals surface area contributed by atoms with E-state index in [-0.39, 0.29) is 17.9 Å². The van der Waals surface area contributed by atoms with Gasteiger partial charge in [0.25, 0.3) is 0 Å². The van der Waals surface area contributed by atoms with E-state index in [9.17, 15) is 9.59 Å². The second-order valence-electron chi connectivity index (χ2n) is 3.11. The van der Waals surface area contributed by atoms with Gasteiger partial charge in [0.1, 0.15) is 0 Å². The maximum Gasteiger partial charge on any atom is 0.408 e. The number of carbonyl (C=O) groups is 2. The summed E-state index contributed by atoms with van der Waals surface area (Å²) in [6, 6.07) is -0.317. The summed E-state index contributed by atoms with van der Waals surface area (Å²) in [5.74, 6) is 0.101. The summed E-state index contributed by atoms with van der Waals surface area (Å²) in [5, 5.41) is 8.69. The van der Waals surface area contributed by atoms with Crippen molar-refractivity contribution in [1.82, 2.24) is 4.90 Å². The molecule has 2 bridgehead atoms. The highest BCUT2D eigenvalue weighted by atomic mass is 16.4. The monoisotopic (exact) mass is 155 g/mol. The fourth-order valence-electron chi connectivity index (χ4n) is 2.06. The lowest BCUT2D eigenvalue weighted by molar-refractivity contribution is -0.120. The van der Waals surface area contributed by atoms with Gasteiger partial charge in [-0.25, -0.2) is 4.79 Å². The van der Waals surface area contributed by atoms with Gasteiger partial charge in [-0.2, -0.15) is 0 Å². The standard InChI is InChI=1S/C7H9NO3/c9-6-3-4-1-2-5(6)8(4)7(10)11/h4-5H,1-3H2,(H,10,11)/t4-,5+/m0/s1. The van der Waals surface area contributed by atoms with Crippen molar-refractivity contribution in [2.24, 2.45) is 0 Å². The molecular weight excluding hydrogens is 146 g/mol. The van der Waals surface area contributed by atoms with E-state index in [1.54, 1.807) is 0 Å². The molecule has 1 amide bonds. The van der Waals surface area contributed by atoms with Crippen molar-refractivity contribution < 1.29 is 14.7 Å². The summed E-state index contributed by atoms with van der Waals surface area (Å²) in [6.45, 7) is 0. The largest absolute Gasteiger partial charge is 0.465 e. The Hall–Kier alpha value is -1.06. The Morgan fingerprint density at radius 2 is 2.27 bits per heavy atom. The van der Waals surface area contributed by atoms with Gasteiger partial charge in [0.05, 0.1) is 6.04 Å². The second kappa shape index (κ2) is 1.96. The van der Waals surface area contributed by atoms with Gasteiger partial charge in [-0.1, -0.05) is 0 Å². The molecule has 0 aliphatic carbocycles. The lowest BCUT2D eigenvalue weighted by Crippen LogP contribution is -2.35. The normalized spacial score (nSPS) is 34.9. The number of carboxylic acid groups (broad SMARTS) is 1. The van der Waals surface area contributed by atoms with Crippen molar-refractivity contribution in [3.63, 3.8) is 0 Å². The first kappa shape index (κ1) is 6.64. The minimum atomic E-state index is -0.941. The van der Waals surface area contributed by atoms with Crippen LogP contribution in [0.4, 0.5) is 4.79 Å². The smallest absolute Gasteiger partial charge is 0.408 e. The van der Waals surface area contributed by atoms with Gasteiger partial charge in [-0.3, -0.25) is 9.69 Å². The van der Waals surface area contributed by atoms with Crippen LogP contribution in [-0.4, -0.2) is 34.0 Å². The molecule has 0 unspecified atom stereocenters. The average Bonchev–Trinajstić information content (AvgIpc) is 2.41. The van der Waals surface area contributed by atoms with E-state index in [0.717, 1.165) is 12.8 Å². The summed E-state index contributed by atoms with van der Waals surface area (Å²) >= 11 is 0. The zero-order chi connectivity index (χ0) is 8.01. The van der Waals surface area contributed by atoms with E-state index in [1.165, 1.54) is 4.90 Å². The van der Waals surface area contributed by atoms with Crippen LogP contribution in [0.2, 0.25) is 0 Å². The molecule has 2 saturated heterocycles. The summed E-state index contributed by atoms with van der Waals surface area (Å²) in [7, 11) is 0. The molecule has 4 nitrogen and oxygen atoms in total. The fraction of sp³-hybridized carbons (Fsp3) is 0.714. The Morgan fingerprint density at radius 1 is 1.55 bits per heavy atom. The molecule has 60 valence electrons. The van der Waals surface area contributed by atoms with Crippen molar-refractivity contribution in [1.29, 1.82) is 0 Å². The van der Waals surface area contributed by atoms with Crippen LogP contribution in [0.25, 0.3) is 0 Å². The molecule has 0 aromatic heterocycles. The minimum Gasteiger partial charge on any atom is -0.465 e. The predicted octanol–water partition coefficient (Wildman–Crippen LogP) is 0.470. The van der Waals surface area contributed by atoms with Gasteiger partial charge in [0, 0.05) is 12.5 Å². The van der Waals surface area contributed by atoms with Crippen molar-refractivity contribution in [2.75, 3.05) is 0 Å². The van der Waals surface area contributed by atoms with Crippen LogP contribution in [0.5, 0.6) is 0 Å². The van der Waals surface area contributed by atoms with E-state index < -0.39 is 6.09 Å². The Labute approximate surface area is 63.8 Å². The van der Waals surface area contributed by atoms with Crippen LogP contribution in [0, 0.1) is 0 Å².